The number of carbonyl (C=O) groups excluding carboxylic acids is 1. The van der Waals surface area contributed by atoms with E-state index in [0.717, 1.165) is 19.4 Å². The van der Waals surface area contributed by atoms with Gasteiger partial charge < -0.3 is 9.64 Å². The number of ether oxygens (including phenoxy) is 1. The monoisotopic (exact) mass is 394 g/mol. The molecule has 1 saturated heterocycles. The summed E-state index contributed by atoms with van der Waals surface area (Å²) < 4.78 is 32.6. The van der Waals surface area contributed by atoms with Crippen molar-refractivity contribution in [2.24, 2.45) is 5.92 Å². The molecule has 1 aromatic carbocycles. The summed E-state index contributed by atoms with van der Waals surface area (Å²) in [6.45, 7) is 1.61. The maximum Gasteiger partial charge on any atom is 0.254 e. The fourth-order valence-corrected chi connectivity index (χ4v) is 4.80. The van der Waals surface area contributed by atoms with Gasteiger partial charge in [0.1, 0.15) is 5.75 Å². The molecule has 0 bridgehead atoms. The SMILES string of the molecule is COc1ccc(S(=O)(=O)NC[C@@H]2CCCN(C(=O)c3ccsc3)C2)cc1. The normalized spacial score (nSPS) is 17.9. The highest BCUT2D eigenvalue weighted by atomic mass is 32.2. The Kier molecular flexibility index (Phi) is 5.95. The molecule has 2 heterocycles. The molecule has 0 aliphatic carbocycles. The van der Waals surface area contributed by atoms with E-state index < -0.39 is 10.0 Å². The largest absolute Gasteiger partial charge is 0.497 e. The average molecular weight is 395 g/mol. The van der Waals surface area contributed by atoms with Crippen LogP contribution in [0.15, 0.2) is 46.0 Å². The van der Waals surface area contributed by atoms with Gasteiger partial charge in [0.25, 0.3) is 5.91 Å². The summed E-state index contributed by atoms with van der Waals surface area (Å²) >= 11 is 1.50. The maximum absolute atomic E-state index is 12.5. The smallest absolute Gasteiger partial charge is 0.254 e. The number of benzene rings is 1. The molecule has 0 radical (unpaired) electrons. The van der Waals surface area contributed by atoms with E-state index in [9.17, 15) is 13.2 Å². The zero-order valence-electron chi connectivity index (χ0n) is 14.6. The van der Waals surface area contributed by atoms with Crippen LogP contribution in [0.5, 0.6) is 5.75 Å². The molecule has 3 rings (SSSR count). The minimum absolute atomic E-state index is 0.0222. The quantitative estimate of drug-likeness (QED) is 0.817. The van der Waals surface area contributed by atoms with Crippen molar-refractivity contribution in [1.29, 1.82) is 0 Å². The van der Waals surface area contributed by atoms with Gasteiger partial charge in [-0.1, -0.05) is 0 Å². The van der Waals surface area contributed by atoms with Gasteiger partial charge >= 0.3 is 0 Å². The Morgan fingerprint density at radius 1 is 1.31 bits per heavy atom. The highest BCUT2D eigenvalue weighted by Crippen LogP contribution is 2.20. The van der Waals surface area contributed by atoms with Gasteiger partial charge in [-0.15, -0.1) is 0 Å². The lowest BCUT2D eigenvalue weighted by Gasteiger charge is -2.32. The van der Waals surface area contributed by atoms with Crippen LogP contribution in [0.2, 0.25) is 0 Å². The third kappa shape index (κ3) is 4.44. The topological polar surface area (TPSA) is 75.7 Å². The van der Waals surface area contributed by atoms with Gasteiger partial charge in [-0.05, 0) is 54.5 Å². The summed E-state index contributed by atoms with van der Waals surface area (Å²) in [5.41, 5.74) is 0.703. The van der Waals surface area contributed by atoms with Crippen LogP contribution in [0, 0.1) is 5.92 Å². The fraction of sp³-hybridized carbons (Fsp3) is 0.389. The molecule has 2 aromatic rings. The van der Waals surface area contributed by atoms with Gasteiger partial charge in [0, 0.05) is 25.0 Å². The Balaban J connectivity index is 1.59. The van der Waals surface area contributed by atoms with Crippen molar-refractivity contribution in [2.45, 2.75) is 17.7 Å². The van der Waals surface area contributed by atoms with Gasteiger partial charge in [-0.3, -0.25) is 4.79 Å². The number of nitrogens with one attached hydrogen (secondary N) is 1. The van der Waals surface area contributed by atoms with E-state index in [1.807, 2.05) is 21.7 Å². The van der Waals surface area contributed by atoms with Crippen LogP contribution in [0.25, 0.3) is 0 Å². The first-order valence-corrected chi connectivity index (χ1v) is 10.9. The van der Waals surface area contributed by atoms with Crippen LogP contribution < -0.4 is 9.46 Å². The standard InChI is InChI=1S/C18H22N2O4S2/c1-24-16-4-6-17(7-5-16)26(22,23)19-11-14-3-2-9-20(12-14)18(21)15-8-10-25-13-15/h4-8,10,13-14,19H,2-3,9,11-12H2,1H3/t14-/m0/s1. The molecular weight excluding hydrogens is 372 g/mol. The zero-order valence-corrected chi connectivity index (χ0v) is 16.2. The lowest BCUT2D eigenvalue weighted by atomic mass is 9.98. The summed E-state index contributed by atoms with van der Waals surface area (Å²) in [5, 5.41) is 3.73. The van der Waals surface area contributed by atoms with Crippen molar-refractivity contribution < 1.29 is 17.9 Å². The van der Waals surface area contributed by atoms with Gasteiger partial charge in [-0.25, -0.2) is 13.1 Å². The zero-order chi connectivity index (χ0) is 18.6. The molecule has 1 N–H and O–H groups in total. The number of hydrogen-bond acceptors (Lipinski definition) is 5. The number of rotatable bonds is 6. The third-order valence-corrected chi connectivity index (χ3v) is 6.63. The van der Waals surface area contributed by atoms with Crippen molar-refractivity contribution in [1.82, 2.24) is 9.62 Å². The lowest BCUT2D eigenvalue weighted by molar-refractivity contribution is 0.0677. The first-order valence-electron chi connectivity index (χ1n) is 8.45. The van der Waals surface area contributed by atoms with E-state index in [1.165, 1.54) is 30.6 Å². The molecular formula is C18H22N2O4S2. The second kappa shape index (κ2) is 8.20. The molecule has 0 saturated carbocycles. The predicted octanol–water partition coefficient (Wildman–Crippen LogP) is 2.59. The van der Waals surface area contributed by atoms with Crippen LogP contribution in [0.1, 0.15) is 23.2 Å². The van der Waals surface area contributed by atoms with Gasteiger partial charge in [0.15, 0.2) is 0 Å². The second-order valence-corrected chi connectivity index (χ2v) is 8.85. The predicted molar refractivity (Wildman–Crippen MR) is 101 cm³/mol. The maximum atomic E-state index is 12.5. The number of thiophene rings is 1. The minimum atomic E-state index is -3.57. The highest BCUT2D eigenvalue weighted by molar-refractivity contribution is 7.89. The molecule has 0 unspecified atom stereocenters. The van der Waals surface area contributed by atoms with E-state index in [0.29, 0.717) is 24.4 Å². The summed E-state index contributed by atoms with van der Waals surface area (Å²) in [4.78, 5) is 14.5. The Morgan fingerprint density at radius 3 is 2.73 bits per heavy atom. The molecule has 1 atom stereocenters. The van der Waals surface area contributed by atoms with Crippen LogP contribution in [0.4, 0.5) is 0 Å². The van der Waals surface area contributed by atoms with E-state index in [2.05, 4.69) is 4.72 Å². The van der Waals surface area contributed by atoms with Gasteiger partial charge in [0.05, 0.1) is 17.6 Å². The van der Waals surface area contributed by atoms with Crippen molar-refractivity contribution in [2.75, 3.05) is 26.7 Å². The number of likely N-dealkylation sites (tertiary alicyclic amines) is 1. The van der Waals surface area contributed by atoms with E-state index in [1.54, 1.807) is 12.1 Å². The van der Waals surface area contributed by atoms with Crippen molar-refractivity contribution in [3.8, 4) is 5.75 Å². The Hall–Kier alpha value is -1.90. The number of hydrogen-bond donors (Lipinski definition) is 1. The highest BCUT2D eigenvalue weighted by Gasteiger charge is 2.26. The molecule has 6 nitrogen and oxygen atoms in total. The van der Waals surface area contributed by atoms with E-state index in [-0.39, 0.29) is 16.7 Å². The molecule has 1 fully saturated rings. The van der Waals surface area contributed by atoms with Crippen molar-refractivity contribution in [3.63, 3.8) is 0 Å². The average Bonchev–Trinajstić information content (AvgIpc) is 3.21. The van der Waals surface area contributed by atoms with Crippen LogP contribution in [-0.2, 0) is 10.0 Å². The molecule has 8 heteroatoms. The van der Waals surface area contributed by atoms with Crippen molar-refractivity contribution in [3.05, 3.63) is 46.7 Å². The van der Waals surface area contributed by atoms with Crippen molar-refractivity contribution >= 4 is 27.3 Å². The Bertz CT molecular complexity index is 833. The summed E-state index contributed by atoms with van der Waals surface area (Å²) in [6.07, 6.45) is 1.78. The summed E-state index contributed by atoms with van der Waals surface area (Å²) in [7, 11) is -2.04. The van der Waals surface area contributed by atoms with Crippen LogP contribution in [-0.4, -0.2) is 46.0 Å². The van der Waals surface area contributed by atoms with Gasteiger partial charge in [-0.2, -0.15) is 11.3 Å². The first kappa shape index (κ1) is 18.9. The number of carbonyl (C=O) groups is 1. The van der Waals surface area contributed by atoms with Gasteiger partial charge in [0.2, 0.25) is 10.0 Å². The second-order valence-electron chi connectivity index (χ2n) is 6.30. The molecule has 140 valence electrons. The number of amides is 1. The summed E-state index contributed by atoms with van der Waals surface area (Å²) in [5.74, 6) is 0.743. The summed E-state index contributed by atoms with van der Waals surface area (Å²) in [6, 6.07) is 8.11. The van der Waals surface area contributed by atoms with Crippen LogP contribution >= 0.6 is 11.3 Å². The fourth-order valence-electron chi connectivity index (χ4n) is 3.05. The lowest BCUT2D eigenvalue weighted by Crippen LogP contribution is -2.43. The molecule has 1 aromatic heterocycles. The Morgan fingerprint density at radius 2 is 2.08 bits per heavy atom. The van der Waals surface area contributed by atoms with E-state index in [4.69, 9.17) is 4.74 Å². The Labute approximate surface area is 157 Å². The minimum Gasteiger partial charge on any atom is -0.497 e. The number of piperidine rings is 1. The number of nitrogens with zero attached hydrogens (tertiary/aromatic N) is 1. The number of methoxy groups -OCH3 is 1. The molecule has 26 heavy (non-hydrogen) atoms. The first-order chi connectivity index (χ1) is 12.5. The molecule has 0 spiro atoms. The molecule has 1 aliphatic rings. The third-order valence-electron chi connectivity index (χ3n) is 4.51. The molecule has 1 aliphatic heterocycles. The van der Waals surface area contributed by atoms with Crippen LogP contribution in [0.3, 0.4) is 0 Å². The number of sulfonamides is 1. The van der Waals surface area contributed by atoms with E-state index >= 15 is 0 Å². The molecule has 1 amide bonds.